The smallest absolute Gasteiger partial charge is 0.281 e. The summed E-state index contributed by atoms with van der Waals surface area (Å²) in [5.41, 5.74) is 0.174. The van der Waals surface area contributed by atoms with Crippen molar-refractivity contribution in [1.29, 1.82) is 0 Å². The molecule has 0 aliphatic rings. The second-order valence-electron chi connectivity index (χ2n) is 4.11. The first kappa shape index (κ1) is 14.5. The van der Waals surface area contributed by atoms with Crippen molar-refractivity contribution in [3.8, 4) is 11.3 Å². The van der Waals surface area contributed by atoms with Gasteiger partial charge in [0.05, 0.1) is 16.1 Å². The van der Waals surface area contributed by atoms with Crippen molar-refractivity contribution in [3.05, 3.63) is 45.4 Å². The van der Waals surface area contributed by atoms with Gasteiger partial charge in [0.25, 0.3) is 5.69 Å². The van der Waals surface area contributed by atoms with Gasteiger partial charge in [-0.1, -0.05) is 24.6 Å². The fourth-order valence-electron chi connectivity index (χ4n) is 1.82. The van der Waals surface area contributed by atoms with Gasteiger partial charge in [-0.05, 0) is 12.6 Å². The highest BCUT2D eigenvalue weighted by Gasteiger charge is 2.21. The average molecular weight is 296 g/mol. The lowest BCUT2D eigenvalue weighted by molar-refractivity contribution is -0.384. The fourth-order valence-corrected chi connectivity index (χ4v) is 2.09. The topological polar surface area (TPSA) is 81.2 Å². The summed E-state index contributed by atoms with van der Waals surface area (Å²) < 4.78 is 5.55. The van der Waals surface area contributed by atoms with E-state index in [4.69, 9.17) is 16.0 Å². The molecule has 20 heavy (non-hydrogen) atoms. The van der Waals surface area contributed by atoms with Gasteiger partial charge in [0.2, 0.25) is 0 Å². The molecule has 0 atom stereocenters. The van der Waals surface area contributed by atoms with Crippen LogP contribution in [0.4, 0.5) is 5.69 Å². The van der Waals surface area contributed by atoms with Crippen LogP contribution >= 0.6 is 11.6 Å². The Bertz CT molecular complexity index is 613. The van der Waals surface area contributed by atoms with Crippen LogP contribution in [0.5, 0.6) is 0 Å². The Morgan fingerprint density at radius 3 is 3.00 bits per heavy atom. The van der Waals surface area contributed by atoms with Crippen LogP contribution in [0.1, 0.15) is 12.8 Å². The van der Waals surface area contributed by atoms with E-state index in [9.17, 15) is 10.1 Å². The maximum atomic E-state index is 11.0. The number of halogens is 1. The summed E-state index contributed by atoms with van der Waals surface area (Å²) in [5, 5.41) is 14.5. The molecule has 1 heterocycles. The molecule has 2 aromatic rings. The van der Waals surface area contributed by atoms with Gasteiger partial charge in [-0.3, -0.25) is 10.1 Å². The van der Waals surface area contributed by atoms with Gasteiger partial charge in [0.1, 0.15) is 5.56 Å². The molecular weight excluding hydrogens is 282 g/mol. The minimum Gasteiger partial charge on any atom is -0.440 e. The molecule has 0 aliphatic heterocycles. The van der Waals surface area contributed by atoms with Crippen LogP contribution < -0.4 is 5.32 Å². The highest BCUT2D eigenvalue weighted by Crippen LogP contribution is 2.36. The van der Waals surface area contributed by atoms with Crippen LogP contribution in [0.15, 0.2) is 28.8 Å². The van der Waals surface area contributed by atoms with Crippen molar-refractivity contribution in [2.75, 3.05) is 13.1 Å². The molecule has 0 saturated carbocycles. The second-order valence-corrected chi connectivity index (χ2v) is 4.52. The van der Waals surface area contributed by atoms with Gasteiger partial charge in [-0.2, -0.15) is 0 Å². The van der Waals surface area contributed by atoms with Gasteiger partial charge >= 0.3 is 0 Å². The Kier molecular flexibility index (Phi) is 4.70. The van der Waals surface area contributed by atoms with E-state index < -0.39 is 4.92 Å². The van der Waals surface area contributed by atoms with E-state index in [1.807, 2.05) is 6.92 Å². The maximum Gasteiger partial charge on any atom is 0.281 e. The first-order chi connectivity index (χ1) is 9.63. The van der Waals surface area contributed by atoms with Crippen molar-refractivity contribution in [1.82, 2.24) is 10.3 Å². The SMILES string of the molecule is CCNCCc1ncc(-c2c(Cl)cccc2[N+](=O)[O-])o1. The van der Waals surface area contributed by atoms with E-state index in [2.05, 4.69) is 10.3 Å². The number of nitrogens with zero attached hydrogens (tertiary/aromatic N) is 2. The first-order valence-electron chi connectivity index (χ1n) is 6.22. The average Bonchev–Trinajstić information content (AvgIpc) is 2.87. The van der Waals surface area contributed by atoms with Crippen LogP contribution in [0, 0.1) is 10.1 Å². The molecule has 0 radical (unpaired) electrons. The molecule has 1 aromatic heterocycles. The van der Waals surface area contributed by atoms with Crippen LogP contribution in [-0.2, 0) is 6.42 Å². The molecule has 0 saturated heterocycles. The Labute approximate surface area is 120 Å². The lowest BCUT2D eigenvalue weighted by Gasteiger charge is -2.01. The summed E-state index contributed by atoms with van der Waals surface area (Å²) in [5.74, 6) is 0.837. The molecule has 0 amide bonds. The third kappa shape index (κ3) is 3.15. The number of likely N-dealkylation sites (N-methyl/N-ethyl adjacent to an activating group) is 1. The quantitative estimate of drug-likeness (QED) is 0.503. The summed E-state index contributed by atoms with van der Waals surface area (Å²) in [6, 6.07) is 4.51. The third-order valence-electron chi connectivity index (χ3n) is 2.75. The summed E-state index contributed by atoms with van der Waals surface area (Å²) in [4.78, 5) is 14.7. The van der Waals surface area contributed by atoms with Gasteiger partial charge in [0.15, 0.2) is 11.7 Å². The zero-order chi connectivity index (χ0) is 14.5. The van der Waals surface area contributed by atoms with E-state index in [0.717, 1.165) is 13.1 Å². The normalized spacial score (nSPS) is 10.7. The van der Waals surface area contributed by atoms with E-state index in [1.165, 1.54) is 18.3 Å². The first-order valence-corrected chi connectivity index (χ1v) is 6.60. The summed E-state index contributed by atoms with van der Waals surface area (Å²) in [6.45, 7) is 3.61. The van der Waals surface area contributed by atoms with Crippen molar-refractivity contribution in [2.24, 2.45) is 0 Å². The monoisotopic (exact) mass is 295 g/mol. The third-order valence-corrected chi connectivity index (χ3v) is 3.07. The van der Waals surface area contributed by atoms with E-state index in [0.29, 0.717) is 18.1 Å². The highest BCUT2D eigenvalue weighted by atomic mass is 35.5. The Morgan fingerprint density at radius 2 is 2.30 bits per heavy atom. The van der Waals surface area contributed by atoms with Crippen molar-refractivity contribution < 1.29 is 9.34 Å². The summed E-state index contributed by atoms with van der Waals surface area (Å²) in [7, 11) is 0. The zero-order valence-electron chi connectivity index (χ0n) is 10.9. The van der Waals surface area contributed by atoms with Crippen LogP contribution in [-0.4, -0.2) is 23.0 Å². The van der Waals surface area contributed by atoms with Crippen molar-refractivity contribution in [3.63, 3.8) is 0 Å². The number of aromatic nitrogens is 1. The number of nitrogens with one attached hydrogen (secondary N) is 1. The van der Waals surface area contributed by atoms with Gasteiger partial charge < -0.3 is 9.73 Å². The van der Waals surface area contributed by atoms with E-state index in [1.54, 1.807) is 6.07 Å². The van der Waals surface area contributed by atoms with Gasteiger partial charge in [-0.15, -0.1) is 0 Å². The Balaban J connectivity index is 2.30. The van der Waals surface area contributed by atoms with Gasteiger partial charge in [-0.25, -0.2) is 4.98 Å². The number of benzene rings is 1. The van der Waals surface area contributed by atoms with Crippen molar-refractivity contribution in [2.45, 2.75) is 13.3 Å². The Morgan fingerprint density at radius 1 is 1.50 bits per heavy atom. The predicted octanol–water partition coefficient (Wildman–Crippen LogP) is 3.06. The zero-order valence-corrected chi connectivity index (χ0v) is 11.7. The molecule has 2 rings (SSSR count). The highest BCUT2D eigenvalue weighted by molar-refractivity contribution is 6.33. The molecule has 0 aliphatic carbocycles. The molecule has 6 nitrogen and oxygen atoms in total. The number of rotatable bonds is 6. The molecule has 0 unspecified atom stereocenters. The van der Waals surface area contributed by atoms with Crippen LogP contribution in [0.3, 0.4) is 0 Å². The van der Waals surface area contributed by atoms with E-state index >= 15 is 0 Å². The minimum atomic E-state index is -0.484. The Hall–Kier alpha value is -1.92. The standard InChI is InChI=1S/C13H14ClN3O3/c1-2-15-7-6-12-16-8-11(20-12)13-9(14)4-3-5-10(13)17(18)19/h3-5,8,15H,2,6-7H2,1H3. The molecule has 0 bridgehead atoms. The largest absolute Gasteiger partial charge is 0.440 e. The molecular formula is C13H14ClN3O3. The maximum absolute atomic E-state index is 11.0. The fraction of sp³-hybridized carbons (Fsp3) is 0.308. The lowest BCUT2D eigenvalue weighted by Crippen LogP contribution is -2.16. The minimum absolute atomic E-state index is 0.0908. The number of nitro groups is 1. The van der Waals surface area contributed by atoms with Crippen molar-refractivity contribution >= 4 is 17.3 Å². The number of oxazole rings is 1. The number of hydrogen-bond donors (Lipinski definition) is 1. The van der Waals surface area contributed by atoms with Crippen LogP contribution in [0.2, 0.25) is 5.02 Å². The summed E-state index contributed by atoms with van der Waals surface area (Å²) in [6.07, 6.45) is 2.08. The van der Waals surface area contributed by atoms with Crippen LogP contribution in [0.25, 0.3) is 11.3 Å². The van der Waals surface area contributed by atoms with E-state index in [-0.39, 0.29) is 16.3 Å². The molecule has 0 fully saturated rings. The second kappa shape index (κ2) is 6.49. The molecule has 1 N–H and O–H groups in total. The summed E-state index contributed by atoms with van der Waals surface area (Å²) >= 11 is 6.04. The lowest BCUT2D eigenvalue weighted by atomic mass is 10.1. The predicted molar refractivity (Wildman–Crippen MR) is 75.9 cm³/mol. The molecule has 106 valence electrons. The van der Waals surface area contributed by atoms with Gasteiger partial charge in [0, 0.05) is 19.0 Å². The number of nitro benzene ring substituents is 1. The molecule has 1 aromatic carbocycles. The molecule has 7 heteroatoms. The molecule has 0 spiro atoms. The number of hydrogen-bond acceptors (Lipinski definition) is 5.